The highest BCUT2D eigenvalue weighted by molar-refractivity contribution is 7.98. The van der Waals surface area contributed by atoms with Gasteiger partial charge in [-0.3, -0.25) is 4.79 Å². The van der Waals surface area contributed by atoms with Gasteiger partial charge in [0.15, 0.2) is 0 Å². The van der Waals surface area contributed by atoms with E-state index in [0.717, 1.165) is 25.0 Å². The van der Waals surface area contributed by atoms with Gasteiger partial charge >= 0.3 is 5.97 Å². The molecule has 18 heavy (non-hydrogen) atoms. The number of carbonyl (C=O) groups is 2. The van der Waals surface area contributed by atoms with E-state index in [-0.39, 0.29) is 5.91 Å². The molecule has 1 aliphatic rings. The van der Waals surface area contributed by atoms with Crippen LogP contribution >= 0.6 is 11.8 Å². The molecule has 0 aliphatic carbocycles. The van der Waals surface area contributed by atoms with E-state index in [1.54, 1.807) is 11.8 Å². The van der Waals surface area contributed by atoms with Crippen molar-refractivity contribution < 1.29 is 19.1 Å². The van der Waals surface area contributed by atoms with Gasteiger partial charge in [0.2, 0.25) is 5.91 Å². The maximum atomic E-state index is 11.9. The summed E-state index contributed by atoms with van der Waals surface area (Å²) in [5.41, 5.74) is 0. The Bertz CT molecular complexity index is 279. The Kier molecular flexibility index (Phi) is 7.12. The second-order valence-electron chi connectivity index (χ2n) is 4.22. The monoisotopic (exact) mass is 275 g/mol. The third kappa shape index (κ3) is 4.86. The van der Waals surface area contributed by atoms with Gasteiger partial charge in [-0.1, -0.05) is 0 Å². The summed E-state index contributed by atoms with van der Waals surface area (Å²) >= 11 is 1.63. The zero-order valence-electron chi connectivity index (χ0n) is 10.9. The molecule has 0 radical (unpaired) electrons. The highest BCUT2D eigenvalue weighted by atomic mass is 32.2. The highest BCUT2D eigenvalue weighted by Gasteiger charge is 2.27. The number of carbonyl (C=O) groups excluding carboxylic acids is 2. The molecule has 1 rings (SSSR count). The number of thioether (sulfide) groups is 1. The average molecular weight is 275 g/mol. The van der Waals surface area contributed by atoms with Gasteiger partial charge in [-0.25, -0.2) is 4.79 Å². The van der Waals surface area contributed by atoms with Crippen molar-refractivity contribution in [3.8, 4) is 0 Å². The second-order valence-corrected chi connectivity index (χ2v) is 5.21. The Hall–Kier alpha value is -0.750. The van der Waals surface area contributed by atoms with Crippen molar-refractivity contribution in [2.24, 2.45) is 0 Å². The Morgan fingerprint density at radius 1 is 1.50 bits per heavy atom. The first-order chi connectivity index (χ1) is 8.69. The van der Waals surface area contributed by atoms with Crippen molar-refractivity contribution in [3.63, 3.8) is 0 Å². The van der Waals surface area contributed by atoms with Gasteiger partial charge in [-0.2, -0.15) is 11.8 Å². The fourth-order valence-corrected chi connectivity index (χ4v) is 2.31. The molecule has 0 spiro atoms. The topological polar surface area (TPSA) is 64.6 Å². The molecular formula is C12H21NO4S. The van der Waals surface area contributed by atoms with Crippen LogP contribution in [0.25, 0.3) is 0 Å². The van der Waals surface area contributed by atoms with E-state index in [1.165, 1.54) is 7.11 Å². The Morgan fingerprint density at radius 3 is 2.83 bits per heavy atom. The first-order valence-electron chi connectivity index (χ1n) is 6.17. The fraction of sp³-hybridized carbons (Fsp3) is 0.833. The quantitative estimate of drug-likeness (QED) is 0.732. The molecule has 5 nitrogen and oxygen atoms in total. The fourth-order valence-electron chi connectivity index (χ4n) is 1.84. The van der Waals surface area contributed by atoms with Gasteiger partial charge in [0.25, 0.3) is 0 Å². The van der Waals surface area contributed by atoms with Gasteiger partial charge < -0.3 is 14.8 Å². The van der Waals surface area contributed by atoms with Gasteiger partial charge in [-0.15, -0.1) is 0 Å². The standard InChI is InChI=1S/C12H21NO4S/c1-16-12(15)9(6-8-18-2)13-11(14)10-5-3-4-7-17-10/h9-10H,3-8H2,1-2H3,(H,13,14)/t9-,10?/m0/s1. The summed E-state index contributed by atoms with van der Waals surface area (Å²) in [7, 11) is 1.33. The van der Waals surface area contributed by atoms with E-state index < -0.39 is 18.1 Å². The van der Waals surface area contributed by atoms with Crippen LogP contribution in [0.1, 0.15) is 25.7 Å². The van der Waals surface area contributed by atoms with Crippen molar-refractivity contribution >= 4 is 23.6 Å². The number of nitrogens with one attached hydrogen (secondary N) is 1. The van der Waals surface area contributed by atoms with Gasteiger partial charge in [0, 0.05) is 6.61 Å². The summed E-state index contributed by atoms with van der Waals surface area (Å²) in [6.45, 7) is 0.617. The summed E-state index contributed by atoms with van der Waals surface area (Å²) in [6, 6.07) is -0.569. The summed E-state index contributed by atoms with van der Waals surface area (Å²) in [6.07, 6.45) is 4.83. The van der Waals surface area contributed by atoms with Gasteiger partial charge in [-0.05, 0) is 37.7 Å². The van der Waals surface area contributed by atoms with Crippen LogP contribution in [0.3, 0.4) is 0 Å². The molecule has 0 bridgehead atoms. The summed E-state index contributed by atoms with van der Waals surface area (Å²) in [5, 5.41) is 2.72. The lowest BCUT2D eigenvalue weighted by Crippen LogP contribution is -2.47. The molecule has 1 aliphatic heterocycles. The molecule has 0 aromatic carbocycles. The molecule has 1 N–H and O–H groups in total. The van der Waals surface area contributed by atoms with Crippen molar-refractivity contribution in [2.45, 2.75) is 37.8 Å². The number of hydrogen-bond acceptors (Lipinski definition) is 5. The molecule has 1 fully saturated rings. The predicted molar refractivity (Wildman–Crippen MR) is 70.5 cm³/mol. The SMILES string of the molecule is COC(=O)[C@H](CCSC)NC(=O)C1CCCCO1. The molecule has 1 heterocycles. The average Bonchev–Trinajstić information content (AvgIpc) is 2.43. The van der Waals surface area contributed by atoms with Crippen molar-refractivity contribution in [2.75, 3.05) is 25.7 Å². The summed E-state index contributed by atoms with van der Waals surface area (Å²) < 4.78 is 10.1. The van der Waals surface area contributed by atoms with Gasteiger partial charge in [0.1, 0.15) is 12.1 Å². The largest absolute Gasteiger partial charge is 0.467 e. The van der Waals surface area contributed by atoms with E-state index in [9.17, 15) is 9.59 Å². The third-order valence-electron chi connectivity index (χ3n) is 2.88. The second kappa shape index (κ2) is 8.37. The normalized spacial score (nSPS) is 21.1. The van der Waals surface area contributed by atoms with E-state index in [2.05, 4.69) is 5.32 Å². The molecule has 1 saturated heterocycles. The minimum Gasteiger partial charge on any atom is -0.467 e. The lowest BCUT2D eigenvalue weighted by atomic mass is 10.1. The summed E-state index contributed by atoms with van der Waals surface area (Å²) in [4.78, 5) is 23.5. The van der Waals surface area contributed by atoms with Crippen molar-refractivity contribution in [1.82, 2.24) is 5.32 Å². The molecule has 2 atom stereocenters. The molecule has 6 heteroatoms. The predicted octanol–water partition coefficient (Wildman–Crippen LogP) is 0.966. The van der Waals surface area contributed by atoms with E-state index >= 15 is 0 Å². The van der Waals surface area contributed by atoms with Crippen LogP contribution in [0.5, 0.6) is 0 Å². The van der Waals surface area contributed by atoms with Gasteiger partial charge in [0.05, 0.1) is 7.11 Å². The van der Waals surface area contributed by atoms with Crippen LogP contribution in [0.4, 0.5) is 0 Å². The lowest BCUT2D eigenvalue weighted by molar-refractivity contribution is -0.147. The van der Waals surface area contributed by atoms with E-state index in [1.807, 2.05) is 6.26 Å². The molecule has 0 aromatic rings. The maximum Gasteiger partial charge on any atom is 0.328 e. The van der Waals surface area contributed by atoms with Crippen LogP contribution < -0.4 is 5.32 Å². The summed E-state index contributed by atoms with van der Waals surface area (Å²) in [5.74, 6) is 0.199. The van der Waals surface area contributed by atoms with Crippen LogP contribution in [-0.2, 0) is 19.1 Å². The van der Waals surface area contributed by atoms with E-state index in [4.69, 9.17) is 9.47 Å². The molecule has 0 saturated carbocycles. The van der Waals surface area contributed by atoms with Crippen LogP contribution in [0.2, 0.25) is 0 Å². The number of esters is 1. The Labute approximate surface area is 112 Å². The number of rotatable bonds is 6. The minimum atomic E-state index is -0.569. The Balaban J connectivity index is 2.47. The molecular weight excluding hydrogens is 254 g/mol. The lowest BCUT2D eigenvalue weighted by Gasteiger charge is -2.24. The molecule has 1 amide bonds. The first-order valence-corrected chi connectivity index (χ1v) is 7.57. The van der Waals surface area contributed by atoms with Crippen LogP contribution in [-0.4, -0.2) is 49.7 Å². The number of amides is 1. The zero-order valence-corrected chi connectivity index (χ0v) is 11.8. The third-order valence-corrected chi connectivity index (χ3v) is 3.53. The minimum absolute atomic E-state index is 0.203. The Morgan fingerprint density at radius 2 is 2.28 bits per heavy atom. The number of ether oxygens (including phenoxy) is 2. The van der Waals surface area contributed by atoms with E-state index in [0.29, 0.717) is 13.0 Å². The molecule has 1 unspecified atom stereocenters. The smallest absolute Gasteiger partial charge is 0.328 e. The zero-order chi connectivity index (χ0) is 13.4. The first kappa shape index (κ1) is 15.3. The van der Waals surface area contributed by atoms with Crippen LogP contribution in [0, 0.1) is 0 Å². The van der Waals surface area contributed by atoms with Crippen molar-refractivity contribution in [1.29, 1.82) is 0 Å². The number of hydrogen-bond donors (Lipinski definition) is 1. The highest BCUT2D eigenvalue weighted by Crippen LogP contribution is 2.13. The molecule has 104 valence electrons. The maximum absolute atomic E-state index is 11.9. The van der Waals surface area contributed by atoms with Crippen LogP contribution in [0.15, 0.2) is 0 Å². The number of methoxy groups -OCH3 is 1. The van der Waals surface area contributed by atoms with Crippen molar-refractivity contribution in [3.05, 3.63) is 0 Å². The molecule has 0 aromatic heterocycles.